The minimum atomic E-state index is -0.842. The third kappa shape index (κ3) is 7.40. The fourth-order valence-corrected chi connectivity index (χ4v) is 0.560. The van der Waals surface area contributed by atoms with Crippen LogP contribution in [0.1, 0.15) is 13.3 Å². The number of carboxylic acid groups (broad SMARTS) is 1. The van der Waals surface area contributed by atoms with Crippen molar-refractivity contribution in [3.05, 3.63) is 36.4 Å². The SMILES string of the molecule is CCC(S)C(=O)O.c1ccccc1. The van der Waals surface area contributed by atoms with E-state index in [1.807, 2.05) is 36.4 Å². The first-order valence-corrected chi connectivity index (χ1v) is 4.61. The second-order valence-corrected chi connectivity index (χ2v) is 3.04. The van der Waals surface area contributed by atoms with E-state index in [0.717, 1.165) is 0 Å². The number of aliphatic carboxylic acids is 1. The fourth-order valence-electron chi connectivity index (χ4n) is 0.560. The van der Waals surface area contributed by atoms with Crippen LogP contribution in [0.5, 0.6) is 0 Å². The highest BCUT2D eigenvalue weighted by Crippen LogP contribution is 1.97. The molecule has 0 radical (unpaired) electrons. The normalized spacial score (nSPS) is 10.9. The van der Waals surface area contributed by atoms with E-state index in [4.69, 9.17) is 5.11 Å². The maximum atomic E-state index is 9.85. The van der Waals surface area contributed by atoms with Crippen LogP contribution < -0.4 is 0 Å². The van der Waals surface area contributed by atoms with Gasteiger partial charge in [0.1, 0.15) is 0 Å². The lowest BCUT2D eigenvalue weighted by Crippen LogP contribution is -2.10. The Kier molecular flexibility index (Phi) is 7.11. The Morgan fingerprint density at radius 3 is 1.62 bits per heavy atom. The van der Waals surface area contributed by atoms with Crippen molar-refractivity contribution in [3.8, 4) is 0 Å². The molecule has 0 spiro atoms. The summed E-state index contributed by atoms with van der Waals surface area (Å²) in [6.45, 7) is 1.78. The van der Waals surface area contributed by atoms with E-state index in [1.54, 1.807) is 6.92 Å². The molecule has 1 unspecified atom stereocenters. The van der Waals surface area contributed by atoms with Crippen molar-refractivity contribution in [1.82, 2.24) is 0 Å². The van der Waals surface area contributed by atoms with Crippen LogP contribution >= 0.6 is 12.6 Å². The largest absolute Gasteiger partial charge is 0.480 e. The van der Waals surface area contributed by atoms with Crippen LogP contribution in [0.25, 0.3) is 0 Å². The molecule has 1 N–H and O–H groups in total. The summed E-state index contributed by atoms with van der Waals surface area (Å²) in [7, 11) is 0. The Bertz CT molecular complexity index is 197. The highest BCUT2D eigenvalue weighted by Gasteiger charge is 2.06. The lowest BCUT2D eigenvalue weighted by atomic mass is 10.3. The summed E-state index contributed by atoms with van der Waals surface area (Å²) in [6.07, 6.45) is 0.582. The molecule has 0 aliphatic rings. The Hall–Kier alpha value is -0.960. The Labute approximate surface area is 84.0 Å². The molecule has 1 aromatic carbocycles. The number of carbonyl (C=O) groups is 1. The molecule has 0 aliphatic heterocycles. The van der Waals surface area contributed by atoms with Gasteiger partial charge in [-0.2, -0.15) is 12.6 Å². The third-order valence-electron chi connectivity index (χ3n) is 1.34. The molecule has 1 rings (SSSR count). The van der Waals surface area contributed by atoms with Gasteiger partial charge in [-0.15, -0.1) is 0 Å². The van der Waals surface area contributed by atoms with Crippen molar-refractivity contribution in [3.63, 3.8) is 0 Å². The van der Waals surface area contributed by atoms with Gasteiger partial charge in [-0.05, 0) is 6.42 Å². The molecule has 0 aliphatic carbocycles. The van der Waals surface area contributed by atoms with Gasteiger partial charge in [0.25, 0.3) is 0 Å². The first-order valence-electron chi connectivity index (χ1n) is 4.09. The van der Waals surface area contributed by atoms with Crippen molar-refractivity contribution in [1.29, 1.82) is 0 Å². The molecular formula is C10H14O2S. The van der Waals surface area contributed by atoms with Crippen LogP contribution in [0.3, 0.4) is 0 Å². The van der Waals surface area contributed by atoms with Gasteiger partial charge in [-0.25, -0.2) is 0 Å². The number of hydrogen-bond donors (Lipinski definition) is 2. The lowest BCUT2D eigenvalue weighted by Gasteiger charge is -1.95. The van der Waals surface area contributed by atoms with Gasteiger partial charge in [-0.1, -0.05) is 43.3 Å². The Morgan fingerprint density at radius 2 is 1.54 bits per heavy atom. The monoisotopic (exact) mass is 198 g/mol. The summed E-state index contributed by atoms with van der Waals surface area (Å²) in [4.78, 5) is 9.85. The zero-order valence-corrected chi connectivity index (χ0v) is 8.45. The molecule has 72 valence electrons. The molecule has 0 aromatic heterocycles. The van der Waals surface area contributed by atoms with Gasteiger partial charge in [0, 0.05) is 0 Å². The molecule has 1 atom stereocenters. The first-order chi connectivity index (χ1) is 6.18. The van der Waals surface area contributed by atoms with Crippen molar-refractivity contribution < 1.29 is 9.90 Å². The number of hydrogen-bond acceptors (Lipinski definition) is 2. The van der Waals surface area contributed by atoms with Gasteiger partial charge in [0.15, 0.2) is 0 Å². The van der Waals surface area contributed by atoms with Gasteiger partial charge >= 0.3 is 5.97 Å². The molecular weight excluding hydrogens is 184 g/mol. The van der Waals surface area contributed by atoms with Crippen molar-refractivity contribution in [2.75, 3.05) is 0 Å². The standard InChI is InChI=1S/C6H6.C4H8O2S/c1-2-4-6-5-3-1;1-2-3(7)4(5)6/h1-6H;3,7H,2H2,1H3,(H,5,6). The summed E-state index contributed by atoms with van der Waals surface area (Å²) in [5, 5.41) is 7.62. The third-order valence-corrected chi connectivity index (χ3v) is 1.92. The second-order valence-electron chi connectivity index (χ2n) is 2.42. The van der Waals surface area contributed by atoms with Crippen molar-refractivity contribution in [2.24, 2.45) is 0 Å². The minimum Gasteiger partial charge on any atom is -0.480 e. The average Bonchev–Trinajstić information content (AvgIpc) is 2.20. The van der Waals surface area contributed by atoms with E-state index in [9.17, 15) is 4.79 Å². The molecule has 2 nitrogen and oxygen atoms in total. The van der Waals surface area contributed by atoms with E-state index >= 15 is 0 Å². The maximum Gasteiger partial charge on any atom is 0.316 e. The minimum absolute atomic E-state index is 0.486. The summed E-state index contributed by atoms with van der Waals surface area (Å²) in [5.41, 5.74) is 0. The summed E-state index contributed by atoms with van der Waals surface area (Å²) in [5.74, 6) is -0.842. The molecule has 1 aromatic rings. The van der Waals surface area contributed by atoms with Gasteiger partial charge in [0.05, 0.1) is 5.25 Å². The second kappa shape index (κ2) is 7.68. The van der Waals surface area contributed by atoms with E-state index in [1.165, 1.54) is 0 Å². The van der Waals surface area contributed by atoms with Gasteiger partial charge in [0.2, 0.25) is 0 Å². The molecule has 0 fully saturated rings. The summed E-state index contributed by atoms with van der Waals surface area (Å²) < 4.78 is 0. The molecule has 13 heavy (non-hydrogen) atoms. The average molecular weight is 198 g/mol. The number of thiol groups is 1. The summed E-state index contributed by atoms with van der Waals surface area (Å²) >= 11 is 3.73. The predicted octanol–water partition coefficient (Wildman–Crippen LogP) is 2.47. The smallest absolute Gasteiger partial charge is 0.316 e. The Morgan fingerprint density at radius 1 is 1.23 bits per heavy atom. The van der Waals surface area contributed by atoms with Crippen LogP contribution in [-0.4, -0.2) is 16.3 Å². The quantitative estimate of drug-likeness (QED) is 0.716. The van der Waals surface area contributed by atoms with E-state index in [0.29, 0.717) is 6.42 Å². The molecule has 3 heteroatoms. The molecule has 0 saturated heterocycles. The van der Waals surface area contributed by atoms with Crippen LogP contribution in [-0.2, 0) is 4.79 Å². The highest BCUT2D eigenvalue weighted by atomic mass is 32.1. The van der Waals surface area contributed by atoms with Crippen molar-refractivity contribution in [2.45, 2.75) is 18.6 Å². The lowest BCUT2D eigenvalue weighted by molar-refractivity contribution is -0.136. The summed E-state index contributed by atoms with van der Waals surface area (Å²) in [6, 6.07) is 12.0. The van der Waals surface area contributed by atoms with Gasteiger partial charge < -0.3 is 5.11 Å². The predicted molar refractivity (Wildman–Crippen MR) is 57.1 cm³/mol. The van der Waals surface area contributed by atoms with Crippen molar-refractivity contribution >= 4 is 18.6 Å². The zero-order valence-electron chi connectivity index (χ0n) is 7.55. The van der Waals surface area contributed by atoms with E-state index in [2.05, 4.69) is 12.6 Å². The van der Waals surface area contributed by atoms with Crippen LogP contribution in [0, 0.1) is 0 Å². The van der Waals surface area contributed by atoms with Gasteiger partial charge in [-0.3, -0.25) is 4.79 Å². The van der Waals surface area contributed by atoms with E-state index < -0.39 is 11.2 Å². The molecule has 0 bridgehead atoms. The van der Waals surface area contributed by atoms with Crippen LogP contribution in [0.4, 0.5) is 0 Å². The molecule has 0 heterocycles. The molecule has 0 amide bonds. The van der Waals surface area contributed by atoms with Crippen LogP contribution in [0.15, 0.2) is 36.4 Å². The molecule has 0 saturated carbocycles. The Balaban J connectivity index is 0.000000223. The number of benzene rings is 1. The zero-order chi connectivity index (χ0) is 10.1. The topological polar surface area (TPSA) is 37.3 Å². The number of rotatable bonds is 2. The maximum absolute atomic E-state index is 9.85. The van der Waals surface area contributed by atoms with E-state index in [-0.39, 0.29) is 0 Å². The van der Waals surface area contributed by atoms with Crippen LogP contribution in [0.2, 0.25) is 0 Å². The highest BCUT2D eigenvalue weighted by molar-refractivity contribution is 7.81. The first kappa shape index (κ1) is 12.0. The number of carboxylic acids is 1. The fraction of sp³-hybridized carbons (Fsp3) is 0.300.